The summed E-state index contributed by atoms with van der Waals surface area (Å²) >= 11 is 5.02. The fraction of sp³-hybridized carbons (Fsp3) is 0.632. The van der Waals surface area contributed by atoms with Crippen LogP contribution in [-0.4, -0.2) is 68.2 Å². The quantitative estimate of drug-likeness (QED) is 0.421. The number of aliphatic hydroxyl groups is 1. The normalized spacial score (nSPS) is 16.1. The molecule has 3 N–H and O–H groups in total. The second-order valence-electron chi connectivity index (χ2n) is 6.39. The van der Waals surface area contributed by atoms with Gasteiger partial charge in [-0.1, -0.05) is 12.1 Å². The first kappa shape index (κ1) is 20.9. The molecule has 1 aliphatic heterocycles. The Labute approximate surface area is 161 Å². The molecule has 1 aromatic rings. The Hall–Kier alpha value is -1.41. The summed E-state index contributed by atoms with van der Waals surface area (Å²) < 4.78 is 11.1. The van der Waals surface area contributed by atoms with E-state index in [1.165, 1.54) is 0 Å². The molecule has 26 heavy (non-hydrogen) atoms. The minimum Gasteiger partial charge on any atom is -0.492 e. The molecule has 0 saturated carbocycles. The topological polar surface area (TPSA) is 66.0 Å². The lowest BCUT2D eigenvalue weighted by Crippen LogP contribution is -2.38. The number of ether oxygens (including phenoxy) is 2. The number of nitrogens with one attached hydrogen (secondary N) is 2. The summed E-state index contributed by atoms with van der Waals surface area (Å²) in [5.74, 6) is 0.846. The van der Waals surface area contributed by atoms with Crippen LogP contribution in [-0.2, 0) is 4.74 Å². The van der Waals surface area contributed by atoms with E-state index in [0.29, 0.717) is 11.7 Å². The molecule has 0 radical (unpaired) electrons. The van der Waals surface area contributed by atoms with E-state index in [4.69, 9.17) is 21.7 Å². The molecule has 1 unspecified atom stereocenters. The van der Waals surface area contributed by atoms with Gasteiger partial charge in [0.15, 0.2) is 5.11 Å². The van der Waals surface area contributed by atoms with Gasteiger partial charge in [-0.15, -0.1) is 0 Å². The molecule has 1 aromatic carbocycles. The van der Waals surface area contributed by atoms with E-state index >= 15 is 0 Å². The molecule has 6 nitrogen and oxygen atoms in total. The molecule has 0 spiro atoms. The van der Waals surface area contributed by atoms with Crippen molar-refractivity contribution >= 4 is 17.3 Å². The first-order valence-electron chi connectivity index (χ1n) is 9.35. The van der Waals surface area contributed by atoms with Gasteiger partial charge in [-0.2, -0.15) is 0 Å². The lowest BCUT2D eigenvalue weighted by atomic mass is 10.0. The molecule has 0 aromatic heterocycles. The number of hydrogen-bond donors (Lipinski definition) is 3. The highest BCUT2D eigenvalue weighted by Crippen LogP contribution is 2.22. The molecular formula is C19H31N3O3S. The van der Waals surface area contributed by atoms with E-state index in [9.17, 15) is 5.11 Å². The van der Waals surface area contributed by atoms with Gasteiger partial charge >= 0.3 is 0 Å². The number of morpholine rings is 1. The van der Waals surface area contributed by atoms with Crippen molar-refractivity contribution in [2.45, 2.75) is 25.4 Å². The van der Waals surface area contributed by atoms with Crippen molar-refractivity contribution in [3.05, 3.63) is 29.8 Å². The third-order valence-electron chi connectivity index (χ3n) is 4.46. The van der Waals surface area contributed by atoms with Crippen LogP contribution in [0.3, 0.4) is 0 Å². The van der Waals surface area contributed by atoms with Crippen LogP contribution in [0.1, 0.15) is 30.9 Å². The van der Waals surface area contributed by atoms with Crippen LogP contribution in [0.4, 0.5) is 0 Å². The lowest BCUT2D eigenvalue weighted by molar-refractivity contribution is 0.0322. The van der Waals surface area contributed by atoms with E-state index in [-0.39, 0.29) is 0 Å². The number of benzene rings is 1. The predicted molar refractivity (Wildman–Crippen MR) is 108 cm³/mol. The van der Waals surface area contributed by atoms with Gasteiger partial charge < -0.3 is 25.2 Å². The molecular weight excluding hydrogens is 350 g/mol. The van der Waals surface area contributed by atoms with E-state index in [1.807, 2.05) is 24.3 Å². The fourth-order valence-corrected chi connectivity index (χ4v) is 2.93. The summed E-state index contributed by atoms with van der Waals surface area (Å²) in [7, 11) is 1.80. The largest absolute Gasteiger partial charge is 0.492 e. The summed E-state index contributed by atoms with van der Waals surface area (Å²) in [6.45, 7) is 5.98. The molecule has 1 fully saturated rings. The van der Waals surface area contributed by atoms with Crippen LogP contribution >= 0.6 is 12.2 Å². The van der Waals surface area contributed by atoms with Crippen molar-refractivity contribution in [3.8, 4) is 5.75 Å². The highest BCUT2D eigenvalue weighted by molar-refractivity contribution is 7.80. The van der Waals surface area contributed by atoms with Crippen molar-refractivity contribution in [1.29, 1.82) is 0 Å². The van der Waals surface area contributed by atoms with Crippen LogP contribution in [0.25, 0.3) is 0 Å². The molecule has 1 aliphatic rings. The summed E-state index contributed by atoms with van der Waals surface area (Å²) in [5.41, 5.74) is 0.934. The molecule has 1 heterocycles. The number of unbranched alkanes of at least 4 members (excludes halogenated alkanes) is 1. The molecule has 1 atom stereocenters. The highest BCUT2D eigenvalue weighted by atomic mass is 32.1. The molecule has 0 amide bonds. The Bertz CT molecular complexity index is 521. The number of aliphatic hydroxyl groups excluding tert-OH is 1. The zero-order valence-electron chi connectivity index (χ0n) is 15.6. The summed E-state index contributed by atoms with van der Waals surface area (Å²) in [5, 5.41) is 16.9. The highest BCUT2D eigenvalue weighted by Gasteiger charge is 2.10. The monoisotopic (exact) mass is 381 g/mol. The van der Waals surface area contributed by atoms with Crippen LogP contribution in [0, 0.1) is 0 Å². The average molecular weight is 382 g/mol. The van der Waals surface area contributed by atoms with Gasteiger partial charge in [-0.05, 0) is 49.2 Å². The summed E-state index contributed by atoms with van der Waals surface area (Å²) in [6.07, 6.45) is 2.22. The minimum absolute atomic E-state index is 0.436. The van der Waals surface area contributed by atoms with E-state index in [0.717, 1.165) is 70.0 Å². The molecule has 146 valence electrons. The first-order valence-corrected chi connectivity index (χ1v) is 9.76. The van der Waals surface area contributed by atoms with Crippen LogP contribution in [0.2, 0.25) is 0 Å². The molecule has 7 heteroatoms. The fourth-order valence-electron chi connectivity index (χ4n) is 2.82. The Morgan fingerprint density at radius 3 is 2.69 bits per heavy atom. The van der Waals surface area contributed by atoms with E-state index in [2.05, 4.69) is 15.5 Å². The molecule has 1 saturated heterocycles. The van der Waals surface area contributed by atoms with Gasteiger partial charge in [0, 0.05) is 33.2 Å². The average Bonchev–Trinajstić information content (AvgIpc) is 2.68. The molecule has 0 aliphatic carbocycles. The Morgan fingerprint density at radius 2 is 2.00 bits per heavy atom. The third-order valence-corrected chi connectivity index (χ3v) is 4.81. The van der Waals surface area contributed by atoms with E-state index < -0.39 is 6.10 Å². The Kier molecular flexibility index (Phi) is 9.70. The van der Waals surface area contributed by atoms with Gasteiger partial charge in [0.1, 0.15) is 12.4 Å². The Balaban J connectivity index is 1.61. The first-order chi connectivity index (χ1) is 12.7. The second kappa shape index (κ2) is 12.1. The van der Waals surface area contributed by atoms with Crippen molar-refractivity contribution in [2.75, 3.05) is 53.0 Å². The standard InChI is InChI=1S/C19H31N3O3S/c1-20-19(26)21-9-3-2-4-18(23)16-5-7-17(8-6-16)25-15-12-22-10-13-24-14-11-22/h5-8,18,23H,2-4,9-15H2,1H3,(H2,20,21,26). The smallest absolute Gasteiger partial charge is 0.166 e. The van der Waals surface area contributed by atoms with E-state index in [1.54, 1.807) is 7.05 Å². The van der Waals surface area contributed by atoms with Crippen LogP contribution in [0.5, 0.6) is 5.75 Å². The van der Waals surface area contributed by atoms with Crippen LogP contribution in [0.15, 0.2) is 24.3 Å². The maximum Gasteiger partial charge on any atom is 0.166 e. The van der Waals surface area contributed by atoms with Gasteiger partial charge in [0.25, 0.3) is 0 Å². The maximum atomic E-state index is 10.3. The number of rotatable bonds is 10. The minimum atomic E-state index is -0.436. The number of thiocarbonyl (C=S) groups is 1. The van der Waals surface area contributed by atoms with Crippen molar-refractivity contribution in [1.82, 2.24) is 15.5 Å². The van der Waals surface area contributed by atoms with Crippen molar-refractivity contribution < 1.29 is 14.6 Å². The van der Waals surface area contributed by atoms with Crippen molar-refractivity contribution in [3.63, 3.8) is 0 Å². The van der Waals surface area contributed by atoms with Gasteiger partial charge in [-0.25, -0.2) is 0 Å². The zero-order valence-corrected chi connectivity index (χ0v) is 16.4. The third kappa shape index (κ3) is 7.86. The Morgan fingerprint density at radius 1 is 1.27 bits per heavy atom. The zero-order chi connectivity index (χ0) is 18.6. The molecule has 2 rings (SSSR count). The predicted octanol–water partition coefficient (Wildman–Crippen LogP) is 1.70. The van der Waals surface area contributed by atoms with Crippen molar-refractivity contribution in [2.24, 2.45) is 0 Å². The molecule has 0 bridgehead atoms. The summed E-state index contributed by atoms with van der Waals surface area (Å²) in [6, 6.07) is 7.77. The SMILES string of the molecule is CNC(=S)NCCCCC(O)c1ccc(OCCN2CCOCC2)cc1. The maximum absolute atomic E-state index is 10.3. The summed E-state index contributed by atoms with van der Waals surface area (Å²) in [4.78, 5) is 2.35. The number of hydrogen-bond acceptors (Lipinski definition) is 5. The number of nitrogens with zero attached hydrogens (tertiary/aromatic N) is 1. The van der Waals surface area contributed by atoms with Gasteiger partial charge in [0.05, 0.1) is 19.3 Å². The van der Waals surface area contributed by atoms with Gasteiger partial charge in [0.2, 0.25) is 0 Å². The van der Waals surface area contributed by atoms with Gasteiger partial charge in [-0.3, -0.25) is 4.90 Å². The van der Waals surface area contributed by atoms with Crippen LogP contribution < -0.4 is 15.4 Å². The lowest BCUT2D eigenvalue weighted by Gasteiger charge is -2.26. The second-order valence-corrected chi connectivity index (χ2v) is 6.80.